The summed E-state index contributed by atoms with van der Waals surface area (Å²) in [7, 11) is 2.10. The lowest BCUT2D eigenvalue weighted by Gasteiger charge is -2.36. The van der Waals surface area contributed by atoms with Crippen molar-refractivity contribution < 1.29 is 18.8 Å². The highest BCUT2D eigenvalue weighted by Crippen LogP contribution is 2.37. The van der Waals surface area contributed by atoms with Crippen LogP contribution in [0.1, 0.15) is 102 Å². The minimum absolute atomic E-state index is 0.0449. The number of rotatable bonds is 10. The van der Waals surface area contributed by atoms with E-state index in [0.717, 1.165) is 85.4 Å². The number of carbonyl (C=O) groups is 3. The van der Waals surface area contributed by atoms with Gasteiger partial charge in [0.15, 0.2) is 0 Å². The molecular formula is C50H56FN11O3. The van der Waals surface area contributed by atoms with Crippen LogP contribution in [0.25, 0.3) is 22.2 Å². The first kappa shape index (κ1) is 42.5. The number of anilines is 2. The van der Waals surface area contributed by atoms with Crippen LogP contribution in [-0.2, 0) is 36.3 Å². The summed E-state index contributed by atoms with van der Waals surface area (Å²) in [5.74, 6) is 0.170. The zero-order valence-electron chi connectivity index (χ0n) is 37.0. The minimum atomic E-state index is -0.551. The fourth-order valence-corrected chi connectivity index (χ4v) is 10.5. The second-order valence-electron chi connectivity index (χ2n) is 18.3. The highest BCUT2D eigenvalue weighted by Gasteiger charge is 2.30. The van der Waals surface area contributed by atoms with E-state index < -0.39 is 6.04 Å². The molecule has 4 aromatic heterocycles. The van der Waals surface area contributed by atoms with Gasteiger partial charge in [-0.25, -0.2) is 14.4 Å². The number of carbonyl (C=O) groups excluding carboxylic acids is 3. The number of nitrogen functional groups attached to an aromatic ring is 1. The Morgan fingerprint density at radius 3 is 2.42 bits per heavy atom. The summed E-state index contributed by atoms with van der Waals surface area (Å²) < 4.78 is 19.6. The van der Waals surface area contributed by atoms with E-state index in [1.807, 2.05) is 64.4 Å². The van der Waals surface area contributed by atoms with Crippen molar-refractivity contribution in [1.29, 1.82) is 0 Å². The molecule has 0 bridgehead atoms. The van der Waals surface area contributed by atoms with Gasteiger partial charge in [0.05, 0.1) is 24.5 Å². The number of aryl methyl sites for hydroxylation is 1. The molecule has 3 fully saturated rings. The molecule has 4 aliphatic heterocycles. The van der Waals surface area contributed by atoms with Gasteiger partial charge >= 0.3 is 0 Å². The molecule has 4 N–H and O–H groups in total. The molecule has 6 aromatic rings. The molecule has 4 aliphatic rings. The minimum Gasteiger partial charge on any atom is -0.384 e. The molecule has 15 heteroatoms. The van der Waals surface area contributed by atoms with Gasteiger partial charge in [0.1, 0.15) is 23.3 Å². The molecule has 3 saturated heterocycles. The molecule has 3 amide bonds. The van der Waals surface area contributed by atoms with E-state index in [4.69, 9.17) is 15.8 Å². The number of hydrogen-bond donors (Lipinski definition) is 3. The molecule has 65 heavy (non-hydrogen) atoms. The third kappa shape index (κ3) is 8.74. The predicted octanol–water partition coefficient (Wildman–Crippen LogP) is 6.75. The molecule has 8 heterocycles. The van der Waals surface area contributed by atoms with Gasteiger partial charge in [-0.2, -0.15) is 5.10 Å². The van der Waals surface area contributed by atoms with Crippen LogP contribution in [0.5, 0.6) is 0 Å². The highest BCUT2D eigenvalue weighted by molar-refractivity contribution is 6.01. The van der Waals surface area contributed by atoms with E-state index in [2.05, 4.69) is 68.2 Å². The summed E-state index contributed by atoms with van der Waals surface area (Å²) in [6, 6.07) is 23.4. The summed E-state index contributed by atoms with van der Waals surface area (Å²) in [5, 5.41) is 11.4. The van der Waals surface area contributed by atoms with E-state index in [0.29, 0.717) is 61.1 Å². The van der Waals surface area contributed by atoms with Gasteiger partial charge in [-0.15, -0.1) is 0 Å². The maximum absolute atomic E-state index is 15.3. The van der Waals surface area contributed by atoms with Gasteiger partial charge in [-0.3, -0.25) is 34.2 Å². The van der Waals surface area contributed by atoms with Crippen LogP contribution in [-0.4, -0.2) is 95.5 Å². The largest absolute Gasteiger partial charge is 0.384 e. The Labute approximate surface area is 378 Å². The molecule has 2 atom stereocenters. The number of nitrogens with two attached hydrogens (primary N) is 1. The average molecular weight is 878 g/mol. The molecular weight excluding hydrogens is 822 g/mol. The van der Waals surface area contributed by atoms with Crippen molar-refractivity contribution in [2.45, 2.75) is 89.0 Å². The Kier molecular flexibility index (Phi) is 11.7. The van der Waals surface area contributed by atoms with Gasteiger partial charge in [-0.05, 0) is 148 Å². The number of imide groups is 1. The van der Waals surface area contributed by atoms with Crippen molar-refractivity contribution >= 4 is 40.3 Å². The van der Waals surface area contributed by atoms with Gasteiger partial charge in [0.25, 0.3) is 5.91 Å². The summed E-state index contributed by atoms with van der Waals surface area (Å²) in [5.41, 5.74) is 15.4. The topological polar surface area (TPSA) is 160 Å². The van der Waals surface area contributed by atoms with Crippen LogP contribution in [0.3, 0.4) is 0 Å². The van der Waals surface area contributed by atoms with Crippen molar-refractivity contribution in [2.24, 2.45) is 7.05 Å². The van der Waals surface area contributed by atoms with Crippen molar-refractivity contribution in [3.63, 3.8) is 0 Å². The second kappa shape index (κ2) is 17.8. The zero-order chi connectivity index (χ0) is 44.8. The number of pyridine rings is 2. The summed E-state index contributed by atoms with van der Waals surface area (Å²) in [6.07, 6.45) is 8.12. The Morgan fingerprint density at radius 1 is 0.892 bits per heavy atom. The maximum Gasteiger partial charge on any atom is 0.254 e. The number of nitrogens with zero attached hydrogens (tertiary/aromatic N) is 8. The monoisotopic (exact) mass is 877 g/mol. The lowest BCUT2D eigenvalue weighted by atomic mass is 9.88. The number of aromatic nitrogens is 5. The lowest BCUT2D eigenvalue weighted by molar-refractivity contribution is -0.133. The van der Waals surface area contributed by atoms with Gasteiger partial charge in [0, 0.05) is 72.9 Å². The smallest absolute Gasteiger partial charge is 0.254 e. The molecule has 0 aliphatic carbocycles. The molecule has 10 rings (SSSR count). The quantitative estimate of drug-likeness (QED) is 0.126. The van der Waals surface area contributed by atoms with Gasteiger partial charge in [-0.1, -0.05) is 18.2 Å². The van der Waals surface area contributed by atoms with Crippen LogP contribution in [0.4, 0.5) is 15.9 Å². The van der Waals surface area contributed by atoms with Crippen molar-refractivity contribution in [3.05, 3.63) is 125 Å². The number of hydrogen-bond acceptors (Lipinski definition) is 10. The predicted molar refractivity (Wildman–Crippen MR) is 247 cm³/mol. The first-order valence-electron chi connectivity index (χ1n) is 23.0. The fraction of sp³-hybridized carbons (Fsp3) is 0.400. The van der Waals surface area contributed by atoms with Crippen LogP contribution < -0.4 is 16.4 Å². The molecule has 336 valence electrons. The molecule has 0 unspecified atom stereocenters. The lowest BCUT2D eigenvalue weighted by Crippen LogP contribution is -2.47. The van der Waals surface area contributed by atoms with Crippen molar-refractivity contribution in [3.8, 4) is 11.1 Å². The third-order valence-corrected chi connectivity index (χ3v) is 14.3. The fourth-order valence-electron chi connectivity index (χ4n) is 10.5. The van der Waals surface area contributed by atoms with E-state index in [-0.39, 0.29) is 41.9 Å². The zero-order valence-corrected chi connectivity index (χ0v) is 37.0. The molecule has 14 nitrogen and oxygen atoms in total. The third-order valence-electron chi connectivity index (χ3n) is 14.3. The first-order valence-corrected chi connectivity index (χ1v) is 23.0. The average Bonchev–Trinajstić information content (AvgIpc) is 3.89. The number of amides is 3. The van der Waals surface area contributed by atoms with Crippen LogP contribution in [0.2, 0.25) is 0 Å². The second-order valence-corrected chi connectivity index (χ2v) is 18.3. The molecule has 2 aromatic carbocycles. The number of benzene rings is 2. The van der Waals surface area contributed by atoms with Crippen LogP contribution in [0, 0.1) is 5.82 Å². The van der Waals surface area contributed by atoms with Crippen molar-refractivity contribution in [2.75, 3.05) is 43.8 Å². The van der Waals surface area contributed by atoms with Crippen LogP contribution in [0.15, 0.2) is 85.2 Å². The Hall–Kier alpha value is -6.45. The van der Waals surface area contributed by atoms with E-state index in [1.54, 1.807) is 0 Å². The van der Waals surface area contributed by atoms with Gasteiger partial charge < -0.3 is 20.5 Å². The standard InChI is InChI=1S/C50H56FN11O3/c1-31(45-27-42-40(13-18-53-48(42)58(45)2)36-7-11-46(52)54-28-36)60-21-16-33(17-22-60)32-3-5-35(6-4-32)50(65)61-23-24-62-39(30-61)25-38(57-62)29-59-19-14-34(15-20-59)41-9-8-37(26-43(41)51)55-44-10-12-47(63)56-49(44)64/h3-9,11,13,18,25-28,31,33-34,44,55H,10,12,14-17,19-24,29-30H2,1-2H3,(H2,52,54)(H,56,63,64)/t31-,44+/m0/s1. The van der Waals surface area contributed by atoms with Crippen molar-refractivity contribution in [1.82, 2.24) is 44.3 Å². The number of nitrogens with one attached hydrogen (secondary N) is 2. The molecule has 0 spiro atoms. The maximum atomic E-state index is 15.3. The highest BCUT2D eigenvalue weighted by atomic mass is 19.1. The van der Waals surface area contributed by atoms with E-state index in [9.17, 15) is 14.4 Å². The SMILES string of the molecule is C[C@@H](c1cc2c(-c3ccc(N)nc3)ccnc2n1C)N1CCC(c2ccc(C(=O)N3CCn4nc(CN5CCC(c6ccc(N[C@@H]7CCC(=O)NC7=O)cc6F)CC5)cc4C3)cc2)CC1. The number of fused-ring (bicyclic) bond motifs is 2. The normalized spacial score (nSPS) is 19.6. The number of halogens is 1. The number of piperidine rings is 3. The summed E-state index contributed by atoms with van der Waals surface area (Å²) >= 11 is 0. The Bertz CT molecular complexity index is 2730. The van der Waals surface area contributed by atoms with E-state index in [1.165, 1.54) is 17.3 Å². The van der Waals surface area contributed by atoms with Gasteiger partial charge in [0.2, 0.25) is 11.8 Å². The molecule has 0 radical (unpaired) electrons. The molecule has 0 saturated carbocycles. The Balaban J connectivity index is 0.698. The summed E-state index contributed by atoms with van der Waals surface area (Å²) in [6.45, 7) is 8.42. The van der Waals surface area contributed by atoms with E-state index >= 15 is 4.39 Å². The van der Waals surface area contributed by atoms with Crippen LogP contribution >= 0.6 is 0 Å². The number of likely N-dealkylation sites (tertiary alicyclic amines) is 2. The first-order chi connectivity index (χ1) is 31.5. The summed E-state index contributed by atoms with van der Waals surface area (Å²) in [4.78, 5) is 53.3. The Morgan fingerprint density at radius 2 is 1.68 bits per heavy atom.